The first-order chi connectivity index (χ1) is 9.09. The van der Waals surface area contributed by atoms with E-state index in [-0.39, 0.29) is 22.8 Å². The predicted molar refractivity (Wildman–Crippen MR) is 75.0 cm³/mol. The Morgan fingerprint density at radius 3 is 2.79 bits per heavy atom. The molecule has 6 nitrogen and oxygen atoms in total. The molecule has 0 aliphatic carbocycles. The Bertz CT molecular complexity index is 461. The standard InChI is InChI=1S/C12H18ClN5O/c1-8(12(19)18-5-3-2-4-6-18)17-11-9(13)10(14)15-7-16-11/h7-8H,2-6H2,1H3,(H3,14,15,16,17). The second-order valence-corrected chi connectivity index (χ2v) is 5.05. The van der Waals surface area contributed by atoms with Gasteiger partial charge in [0.05, 0.1) is 0 Å². The van der Waals surface area contributed by atoms with Crippen LogP contribution in [0.3, 0.4) is 0 Å². The number of nitrogens with two attached hydrogens (primary N) is 1. The van der Waals surface area contributed by atoms with Crippen molar-refractivity contribution in [1.29, 1.82) is 0 Å². The molecule has 0 spiro atoms. The highest BCUT2D eigenvalue weighted by Gasteiger charge is 2.23. The molecule has 2 rings (SSSR count). The summed E-state index contributed by atoms with van der Waals surface area (Å²) in [7, 11) is 0. The molecule has 1 amide bonds. The molecule has 1 aliphatic heterocycles. The Kier molecular flexibility index (Phi) is 4.42. The predicted octanol–water partition coefficient (Wildman–Crippen LogP) is 1.53. The van der Waals surface area contributed by atoms with Crippen molar-refractivity contribution in [2.45, 2.75) is 32.2 Å². The van der Waals surface area contributed by atoms with Crippen molar-refractivity contribution in [2.24, 2.45) is 0 Å². The van der Waals surface area contributed by atoms with Gasteiger partial charge in [-0.05, 0) is 26.2 Å². The summed E-state index contributed by atoms with van der Waals surface area (Å²) in [4.78, 5) is 21.9. The second-order valence-electron chi connectivity index (χ2n) is 4.67. The fourth-order valence-corrected chi connectivity index (χ4v) is 2.29. The van der Waals surface area contributed by atoms with Crippen LogP contribution in [0.5, 0.6) is 0 Å². The third-order valence-electron chi connectivity index (χ3n) is 3.21. The number of carbonyl (C=O) groups is 1. The number of rotatable bonds is 3. The number of amides is 1. The van der Waals surface area contributed by atoms with Crippen LogP contribution in [0.25, 0.3) is 0 Å². The van der Waals surface area contributed by atoms with Gasteiger partial charge in [0.15, 0.2) is 5.82 Å². The summed E-state index contributed by atoms with van der Waals surface area (Å²) in [5.74, 6) is 0.664. The summed E-state index contributed by atoms with van der Waals surface area (Å²) in [6.45, 7) is 3.45. The first-order valence-electron chi connectivity index (χ1n) is 6.41. The first kappa shape index (κ1) is 13.9. The smallest absolute Gasteiger partial charge is 0.244 e. The lowest BCUT2D eigenvalue weighted by Gasteiger charge is -2.29. The molecule has 0 bridgehead atoms. The monoisotopic (exact) mass is 283 g/mol. The number of likely N-dealkylation sites (tertiary alicyclic amines) is 1. The molecular weight excluding hydrogens is 266 g/mol. The van der Waals surface area contributed by atoms with Crippen molar-refractivity contribution in [3.05, 3.63) is 11.3 Å². The molecule has 1 unspecified atom stereocenters. The molecule has 19 heavy (non-hydrogen) atoms. The Balaban J connectivity index is 2.01. The molecule has 7 heteroatoms. The minimum Gasteiger partial charge on any atom is -0.382 e. The van der Waals surface area contributed by atoms with Gasteiger partial charge in [0.1, 0.15) is 23.2 Å². The summed E-state index contributed by atoms with van der Waals surface area (Å²) in [5, 5.41) is 3.24. The van der Waals surface area contributed by atoms with Crippen LogP contribution >= 0.6 is 11.6 Å². The number of aromatic nitrogens is 2. The number of nitrogens with one attached hydrogen (secondary N) is 1. The van der Waals surface area contributed by atoms with Crippen LogP contribution in [-0.4, -0.2) is 39.9 Å². The van der Waals surface area contributed by atoms with Crippen molar-refractivity contribution in [2.75, 3.05) is 24.1 Å². The van der Waals surface area contributed by atoms with Gasteiger partial charge in [0.25, 0.3) is 0 Å². The van der Waals surface area contributed by atoms with Gasteiger partial charge in [0, 0.05) is 13.1 Å². The van der Waals surface area contributed by atoms with Crippen molar-refractivity contribution in [3.63, 3.8) is 0 Å². The molecule has 2 heterocycles. The lowest BCUT2D eigenvalue weighted by molar-refractivity contribution is -0.132. The average Bonchev–Trinajstić information content (AvgIpc) is 2.44. The van der Waals surface area contributed by atoms with E-state index < -0.39 is 0 Å². The van der Waals surface area contributed by atoms with Crippen molar-refractivity contribution >= 4 is 29.1 Å². The van der Waals surface area contributed by atoms with Crippen molar-refractivity contribution in [3.8, 4) is 0 Å². The number of anilines is 2. The van der Waals surface area contributed by atoms with E-state index in [1.165, 1.54) is 12.7 Å². The molecular formula is C12H18ClN5O. The van der Waals surface area contributed by atoms with E-state index in [1.54, 1.807) is 6.92 Å². The van der Waals surface area contributed by atoms with E-state index in [0.29, 0.717) is 5.82 Å². The highest BCUT2D eigenvalue weighted by molar-refractivity contribution is 6.35. The van der Waals surface area contributed by atoms with E-state index in [1.807, 2.05) is 4.90 Å². The Labute approximate surface area is 117 Å². The zero-order chi connectivity index (χ0) is 13.8. The third kappa shape index (κ3) is 3.26. The van der Waals surface area contributed by atoms with Crippen molar-refractivity contribution in [1.82, 2.24) is 14.9 Å². The number of halogens is 1. The quantitative estimate of drug-likeness (QED) is 0.879. The molecule has 1 aromatic rings. The molecule has 0 radical (unpaired) electrons. The lowest BCUT2D eigenvalue weighted by Crippen LogP contribution is -2.44. The van der Waals surface area contributed by atoms with E-state index in [2.05, 4.69) is 15.3 Å². The van der Waals surface area contributed by atoms with Crippen LogP contribution in [0.1, 0.15) is 26.2 Å². The third-order valence-corrected chi connectivity index (χ3v) is 3.58. The van der Waals surface area contributed by atoms with Gasteiger partial charge in [-0.3, -0.25) is 4.79 Å². The van der Waals surface area contributed by atoms with Crippen LogP contribution in [0.15, 0.2) is 6.33 Å². The van der Waals surface area contributed by atoms with Crippen molar-refractivity contribution < 1.29 is 4.79 Å². The van der Waals surface area contributed by atoms with Gasteiger partial charge in [0.2, 0.25) is 5.91 Å². The van der Waals surface area contributed by atoms with Crippen LogP contribution in [0, 0.1) is 0 Å². The van der Waals surface area contributed by atoms with Crippen LogP contribution < -0.4 is 11.1 Å². The summed E-state index contributed by atoms with van der Waals surface area (Å²) in [5.41, 5.74) is 5.60. The fraction of sp³-hybridized carbons (Fsp3) is 0.583. The van der Waals surface area contributed by atoms with Crippen LogP contribution in [-0.2, 0) is 4.79 Å². The number of nitrogen functional groups attached to an aromatic ring is 1. The number of nitrogens with zero attached hydrogens (tertiary/aromatic N) is 3. The summed E-state index contributed by atoms with van der Waals surface area (Å²) in [6.07, 6.45) is 4.65. The highest BCUT2D eigenvalue weighted by Crippen LogP contribution is 2.24. The van der Waals surface area contributed by atoms with E-state index >= 15 is 0 Å². The fourth-order valence-electron chi connectivity index (χ4n) is 2.14. The molecule has 0 saturated carbocycles. The van der Waals surface area contributed by atoms with Gasteiger partial charge in [-0.25, -0.2) is 9.97 Å². The molecule has 3 N–H and O–H groups in total. The molecule has 1 atom stereocenters. The Hall–Kier alpha value is -1.56. The minimum absolute atomic E-state index is 0.0629. The normalized spacial score (nSPS) is 17.1. The second kappa shape index (κ2) is 6.06. The largest absolute Gasteiger partial charge is 0.382 e. The SMILES string of the molecule is CC(Nc1ncnc(N)c1Cl)C(=O)N1CCCCC1. The number of carbonyl (C=O) groups excluding carboxylic acids is 1. The molecule has 1 fully saturated rings. The topological polar surface area (TPSA) is 84.1 Å². The molecule has 104 valence electrons. The van der Waals surface area contributed by atoms with E-state index in [0.717, 1.165) is 25.9 Å². The van der Waals surface area contributed by atoms with Crippen LogP contribution in [0.4, 0.5) is 11.6 Å². The van der Waals surface area contributed by atoms with E-state index in [4.69, 9.17) is 17.3 Å². The summed E-state index contributed by atoms with van der Waals surface area (Å²) in [6, 6.07) is -0.384. The summed E-state index contributed by atoms with van der Waals surface area (Å²) < 4.78 is 0. The number of piperidine rings is 1. The lowest BCUT2D eigenvalue weighted by atomic mass is 10.1. The first-order valence-corrected chi connectivity index (χ1v) is 6.78. The van der Waals surface area contributed by atoms with Gasteiger partial charge in [-0.2, -0.15) is 0 Å². The van der Waals surface area contributed by atoms with Gasteiger partial charge in [-0.15, -0.1) is 0 Å². The molecule has 1 aliphatic rings. The maximum Gasteiger partial charge on any atom is 0.244 e. The highest BCUT2D eigenvalue weighted by atomic mass is 35.5. The minimum atomic E-state index is -0.384. The van der Waals surface area contributed by atoms with E-state index in [9.17, 15) is 4.79 Å². The van der Waals surface area contributed by atoms with Gasteiger partial charge < -0.3 is 16.0 Å². The van der Waals surface area contributed by atoms with Gasteiger partial charge >= 0.3 is 0 Å². The Morgan fingerprint density at radius 2 is 2.11 bits per heavy atom. The molecule has 0 aromatic carbocycles. The molecule has 1 aromatic heterocycles. The van der Waals surface area contributed by atoms with Crippen LogP contribution in [0.2, 0.25) is 5.02 Å². The Morgan fingerprint density at radius 1 is 1.42 bits per heavy atom. The van der Waals surface area contributed by atoms with Gasteiger partial charge in [-0.1, -0.05) is 11.6 Å². The number of hydrogen-bond donors (Lipinski definition) is 2. The maximum atomic E-state index is 12.2. The number of hydrogen-bond acceptors (Lipinski definition) is 5. The summed E-state index contributed by atoms with van der Waals surface area (Å²) >= 11 is 5.99. The average molecular weight is 284 g/mol. The zero-order valence-corrected chi connectivity index (χ0v) is 11.7. The maximum absolute atomic E-state index is 12.2. The zero-order valence-electron chi connectivity index (χ0n) is 10.9. The molecule has 1 saturated heterocycles.